The van der Waals surface area contributed by atoms with E-state index in [-0.39, 0.29) is 13.0 Å². The number of aliphatic hydroxyl groups is 1. The largest absolute Gasteiger partial charge is 0.387 e. The Morgan fingerprint density at radius 2 is 2.41 bits per heavy atom. The molecule has 0 aromatic rings. The van der Waals surface area contributed by atoms with Crippen LogP contribution in [0.2, 0.25) is 0 Å². The normalized spacial score (nSPS) is 13.9. The molecule has 0 aliphatic heterocycles. The van der Waals surface area contributed by atoms with Gasteiger partial charge in [-0.15, -0.1) is 0 Å². The number of nitro groups is 1. The molecule has 1 unspecified atom stereocenters. The molecule has 0 aliphatic rings. The lowest BCUT2D eigenvalue weighted by atomic mass is 9.97. The molecule has 0 rings (SSSR count). The number of aliphatic imine (C=N–C) groups is 1. The van der Waals surface area contributed by atoms with Crippen LogP contribution in [0.25, 0.3) is 0 Å². The first-order valence-electron chi connectivity index (χ1n) is 5.05. The molecule has 7 nitrogen and oxygen atoms in total. The van der Waals surface area contributed by atoms with E-state index >= 15 is 0 Å². The first kappa shape index (κ1) is 15.1. The minimum atomic E-state index is -1.25. The summed E-state index contributed by atoms with van der Waals surface area (Å²) in [6.07, 6.45) is 2.93. The second kappa shape index (κ2) is 7.35. The number of nitrogens with zero attached hydrogens (tertiary/aromatic N) is 4. The van der Waals surface area contributed by atoms with E-state index in [0.29, 0.717) is 6.42 Å². The van der Waals surface area contributed by atoms with Gasteiger partial charge in [0.1, 0.15) is 0 Å². The zero-order chi connectivity index (χ0) is 13.3. The van der Waals surface area contributed by atoms with Crippen LogP contribution in [0.1, 0.15) is 19.8 Å². The molecule has 0 aromatic heterocycles. The van der Waals surface area contributed by atoms with Gasteiger partial charge in [-0.05, 0) is 13.1 Å². The van der Waals surface area contributed by atoms with Crippen molar-refractivity contribution in [2.75, 3.05) is 13.2 Å². The maximum absolute atomic E-state index is 10.4. The summed E-state index contributed by atoms with van der Waals surface area (Å²) in [5.41, 5.74) is -1.25. The number of rotatable bonds is 8. The Morgan fingerprint density at radius 1 is 1.76 bits per heavy atom. The van der Waals surface area contributed by atoms with Gasteiger partial charge in [-0.2, -0.15) is 5.26 Å². The third-order valence-electron chi connectivity index (χ3n) is 2.24. The minimum Gasteiger partial charge on any atom is -0.387 e. The lowest BCUT2D eigenvalue weighted by molar-refractivity contribution is -0.501. The molecule has 7 heteroatoms. The Morgan fingerprint density at radius 3 is 2.82 bits per heavy atom. The van der Waals surface area contributed by atoms with Gasteiger partial charge in [-0.25, -0.2) is 0 Å². The van der Waals surface area contributed by atoms with Crippen molar-refractivity contribution in [1.82, 2.24) is 4.90 Å². The second-order valence-electron chi connectivity index (χ2n) is 3.61. The zero-order valence-corrected chi connectivity index (χ0v) is 9.74. The van der Waals surface area contributed by atoms with Gasteiger partial charge < -0.3 is 10.0 Å². The van der Waals surface area contributed by atoms with E-state index in [9.17, 15) is 15.2 Å². The molecule has 1 N–H and O–H groups in total. The van der Waals surface area contributed by atoms with E-state index in [2.05, 4.69) is 11.7 Å². The van der Waals surface area contributed by atoms with E-state index in [1.165, 1.54) is 17.3 Å². The van der Waals surface area contributed by atoms with Crippen LogP contribution in [-0.2, 0) is 0 Å². The van der Waals surface area contributed by atoms with Gasteiger partial charge in [-0.1, -0.05) is 6.92 Å². The lowest BCUT2D eigenvalue weighted by Gasteiger charge is -2.28. The van der Waals surface area contributed by atoms with E-state index in [0.717, 1.165) is 0 Å². The summed E-state index contributed by atoms with van der Waals surface area (Å²) in [5, 5.41) is 29.1. The van der Waals surface area contributed by atoms with E-state index < -0.39 is 17.2 Å². The Balaban J connectivity index is 4.70. The molecular weight excluding hydrogens is 224 g/mol. The SMILES string of the molecule is C=N/C=C\N(C[N+](=O)[O-])CC(O)(CC)CC#N. The van der Waals surface area contributed by atoms with Gasteiger partial charge in [0.25, 0.3) is 6.67 Å². The van der Waals surface area contributed by atoms with Crippen molar-refractivity contribution in [2.24, 2.45) is 4.99 Å². The fourth-order valence-electron chi connectivity index (χ4n) is 1.26. The fourth-order valence-corrected chi connectivity index (χ4v) is 1.26. The maximum Gasteiger partial charge on any atom is 0.277 e. The summed E-state index contributed by atoms with van der Waals surface area (Å²) < 4.78 is 0. The molecule has 1 atom stereocenters. The van der Waals surface area contributed by atoms with Crippen molar-refractivity contribution in [3.63, 3.8) is 0 Å². The highest BCUT2D eigenvalue weighted by Gasteiger charge is 2.28. The van der Waals surface area contributed by atoms with Crippen molar-refractivity contribution in [3.8, 4) is 6.07 Å². The Labute approximate surface area is 99.8 Å². The van der Waals surface area contributed by atoms with Crippen LogP contribution in [0.15, 0.2) is 17.4 Å². The van der Waals surface area contributed by atoms with Crippen LogP contribution in [0, 0.1) is 21.4 Å². The predicted molar refractivity (Wildman–Crippen MR) is 62.7 cm³/mol. The quantitative estimate of drug-likeness (QED) is 0.292. The average Bonchev–Trinajstić information content (AvgIpc) is 2.25. The van der Waals surface area contributed by atoms with Crippen LogP contribution in [0.3, 0.4) is 0 Å². The monoisotopic (exact) mass is 240 g/mol. The van der Waals surface area contributed by atoms with Gasteiger partial charge in [0.05, 0.1) is 24.6 Å². The highest BCUT2D eigenvalue weighted by Crippen LogP contribution is 2.16. The summed E-state index contributed by atoms with van der Waals surface area (Å²) in [6, 6.07) is 1.87. The van der Waals surface area contributed by atoms with Gasteiger partial charge in [0.2, 0.25) is 0 Å². The Bertz CT molecular complexity index is 337. The molecule has 17 heavy (non-hydrogen) atoms. The van der Waals surface area contributed by atoms with Crippen molar-refractivity contribution in [1.29, 1.82) is 5.26 Å². The maximum atomic E-state index is 10.4. The molecule has 94 valence electrons. The summed E-state index contributed by atoms with van der Waals surface area (Å²) in [6.45, 7) is 4.48. The number of nitriles is 1. The molecule has 0 amide bonds. The highest BCUT2D eigenvalue weighted by atomic mass is 16.6. The smallest absolute Gasteiger partial charge is 0.277 e. The molecule has 0 aromatic carbocycles. The molecular formula is C10H16N4O3. The molecule has 0 fully saturated rings. The van der Waals surface area contributed by atoms with Crippen molar-refractivity contribution < 1.29 is 10.0 Å². The van der Waals surface area contributed by atoms with E-state index in [1.807, 2.05) is 6.07 Å². The van der Waals surface area contributed by atoms with Gasteiger partial charge >= 0.3 is 0 Å². The highest BCUT2D eigenvalue weighted by molar-refractivity contribution is 5.25. The van der Waals surface area contributed by atoms with Crippen LogP contribution in [0.5, 0.6) is 0 Å². The Hall–Kier alpha value is -1.94. The van der Waals surface area contributed by atoms with E-state index in [1.54, 1.807) is 6.92 Å². The molecule has 0 radical (unpaired) electrons. The van der Waals surface area contributed by atoms with Crippen LogP contribution < -0.4 is 0 Å². The van der Waals surface area contributed by atoms with Crippen LogP contribution >= 0.6 is 0 Å². The molecule has 0 spiro atoms. The first-order chi connectivity index (χ1) is 7.97. The summed E-state index contributed by atoms with van der Waals surface area (Å²) in [5.74, 6) is 0. The van der Waals surface area contributed by atoms with Crippen LogP contribution in [-0.4, -0.2) is 40.5 Å². The Kier molecular flexibility index (Phi) is 6.51. The van der Waals surface area contributed by atoms with Crippen LogP contribution in [0.4, 0.5) is 0 Å². The van der Waals surface area contributed by atoms with Gasteiger partial charge in [0.15, 0.2) is 0 Å². The third-order valence-corrected chi connectivity index (χ3v) is 2.24. The number of hydrogen-bond donors (Lipinski definition) is 1. The first-order valence-corrected chi connectivity index (χ1v) is 5.05. The fraction of sp³-hybridized carbons (Fsp3) is 0.600. The standard InChI is InChI=1S/C10H16N4O3/c1-3-10(15,4-5-11)8-13(7-6-12-2)9-14(16)17/h6-7,15H,2-4,8-9H2,1H3/b7-6-. The second-order valence-corrected chi connectivity index (χ2v) is 3.61. The van der Waals surface area contributed by atoms with E-state index in [4.69, 9.17) is 5.26 Å². The average molecular weight is 240 g/mol. The summed E-state index contributed by atoms with van der Waals surface area (Å²) in [4.78, 5) is 14.7. The topological polar surface area (TPSA) is 103 Å². The summed E-state index contributed by atoms with van der Waals surface area (Å²) >= 11 is 0. The minimum absolute atomic E-state index is 0.00403. The molecule has 0 saturated heterocycles. The van der Waals surface area contributed by atoms with Crippen molar-refractivity contribution in [2.45, 2.75) is 25.4 Å². The number of hydrogen-bond acceptors (Lipinski definition) is 6. The van der Waals surface area contributed by atoms with Crippen molar-refractivity contribution in [3.05, 3.63) is 22.5 Å². The molecule has 0 saturated carbocycles. The molecule has 0 bridgehead atoms. The van der Waals surface area contributed by atoms with Gasteiger partial charge in [0, 0.05) is 17.3 Å². The lowest BCUT2D eigenvalue weighted by Crippen LogP contribution is -2.42. The predicted octanol–water partition coefficient (Wildman–Crippen LogP) is 0.749. The third kappa shape index (κ3) is 6.27. The molecule has 0 aliphatic carbocycles. The zero-order valence-electron chi connectivity index (χ0n) is 9.74. The molecule has 0 heterocycles. The van der Waals surface area contributed by atoms with Gasteiger partial charge in [-0.3, -0.25) is 15.1 Å². The van der Waals surface area contributed by atoms with Crippen molar-refractivity contribution >= 4 is 6.72 Å². The summed E-state index contributed by atoms with van der Waals surface area (Å²) in [7, 11) is 0.